The lowest BCUT2D eigenvalue weighted by atomic mass is 9.97. The molecule has 0 spiro atoms. The number of imide groups is 1. The Hall–Kier alpha value is -2.32. The third kappa shape index (κ3) is 3.66. The lowest BCUT2D eigenvalue weighted by Gasteiger charge is -2.35. The second-order valence-corrected chi connectivity index (χ2v) is 7.24. The average molecular weight is 393 g/mol. The first-order valence-corrected chi connectivity index (χ1v) is 9.68. The normalized spacial score (nSPS) is 25.1. The fourth-order valence-corrected chi connectivity index (χ4v) is 4.44. The number of benzene rings is 1. The van der Waals surface area contributed by atoms with Crippen LogP contribution in [0.25, 0.3) is 0 Å². The van der Waals surface area contributed by atoms with Gasteiger partial charge in [0.05, 0.1) is 46.0 Å². The summed E-state index contributed by atoms with van der Waals surface area (Å²) in [5.74, 6) is 0.757. The van der Waals surface area contributed by atoms with E-state index in [1.165, 1.54) is 26.2 Å². The fourth-order valence-electron chi connectivity index (χ4n) is 4.44. The summed E-state index contributed by atoms with van der Waals surface area (Å²) in [4.78, 5) is 28.4. The van der Waals surface area contributed by atoms with Crippen LogP contribution in [0, 0.1) is 0 Å². The largest absolute Gasteiger partial charge is 0.493 e. The Kier molecular flexibility index (Phi) is 6.41. The van der Waals surface area contributed by atoms with Crippen molar-refractivity contribution in [3.63, 3.8) is 0 Å². The highest BCUT2D eigenvalue weighted by atomic mass is 16.5. The molecule has 2 fully saturated rings. The highest BCUT2D eigenvalue weighted by molar-refractivity contribution is 6.22. The van der Waals surface area contributed by atoms with Gasteiger partial charge in [-0.1, -0.05) is 0 Å². The van der Waals surface area contributed by atoms with E-state index in [-0.39, 0.29) is 30.9 Å². The molecule has 2 saturated heterocycles. The summed E-state index contributed by atoms with van der Waals surface area (Å²) in [7, 11) is 4.49. The van der Waals surface area contributed by atoms with E-state index in [1.54, 1.807) is 12.1 Å². The number of amides is 2. The number of aliphatic hydroxyl groups is 1. The molecule has 0 aliphatic carbocycles. The van der Waals surface area contributed by atoms with Crippen molar-refractivity contribution in [2.45, 2.75) is 44.2 Å². The minimum atomic E-state index is -0.413. The van der Waals surface area contributed by atoms with Gasteiger partial charge in [-0.3, -0.25) is 9.59 Å². The Balaban J connectivity index is 1.91. The zero-order valence-electron chi connectivity index (χ0n) is 16.7. The van der Waals surface area contributed by atoms with Crippen molar-refractivity contribution in [3.8, 4) is 17.2 Å². The maximum Gasteiger partial charge on any atom is 0.292 e. The van der Waals surface area contributed by atoms with Crippen molar-refractivity contribution < 1.29 is 33.8 Å². The molecule has 2 aliphatic heterocycles. The number of aliphatic hydroxyl groups excluding tert-OH is 1. The van der Waals surface area contributed by atoms with E-state index in [2.05, 4.69) is 0 Å². The predicted octanol–water partition coefficient (Wildman–Crippen LogP) is 0.164. The van der Waals surface area contributed by atoms with Gasteiger partial charge in [0.2, 0.25) is 11.7 Å². The van der Waals surface area contributed by atoms with Crippen LogP contribution in [0.2, 0.25) is 0 Å². The Labute approximate surface area is 165 Å². The van der Waals surface area contributed by atoms with E-state index in [1.807, 2.05) is 0 Å². The van der Waals surface area contributed by atoms with Crippen LogP contribution >= 0.6 is 0 Å². The summed E-state index contributed by atoms with van der Waals surface area (Å²) >= 11 is 0. The molecule has 3 atom stereocenters. The zero-order chi connectivity index (χ0) is 20.3. The molecular weight excluding hydrogens is 364 g/mol. The molecule has 0 bridgehead atoms. The van der Waals surface area contributed by atoms with Gasteiger partial charge in [0.15, 0.2) is 17.5 Å². The predicted molar refractivity (Wildman–Crippen MR) is 102 cm³/mol. The van der Waals surface area contributed by atoms with Gasteiger partial charge in [-0.05, 0) is 19.3 Å². The van der Waals surface area contributed by atoms with Gasteiger partial charge in [-0.15, -0.1) is 0 Å². The van der Waals surface area contributed by atoms with Crippen LogP contribution in [0.5, 0.6) is 17.2 Å². The molecule has 2 aliphatic rings. The molecule has 2 N–H and O–H groups in total. The van der Waals surface area contributed by atoms with Crippen molar-refractivity contribution in [2.75, 3.05) is 39.4 Å². The first kappa shape index (κ1) is 20.4. The van der Waals surface area contributed by atoms with Crippen molar-refractivity contribution in [2.24, 2.45) is 0 Å². The maximum atomic E-state index is 13.2. The molecule has 0 radical (unpaired) electrons. The number of ether oxygens (including phenoxy) is 3. The van der Waals surface area contributed by atoms with Gasteiger partial charge in [0, 0.05) is 25.2 Å². The molecule has 8 heteroatoms. The minimum absolute atomic E-state index is 0.0968. The highest BCUT2D eigenvalue weighted by Gasteiger charge is 2.48. The van der Waals surface area contributed by atoms with Gasteiger partial charge in [-0.25, -0.2) is 4.90 Å². The SMILES string of the molecule is COc1cc(N2C(=O)C[C@@H]([NH+]3CCCC[C@@H]3CCO)C2=O)cc(OC)c1OC. The van der Waals surface area contributed by atoms with Gasteiger partial charge >= 0.3 is 0 Å². The number of methoxy groups -OCH3 is 3. The molecule has 3 rings (SSSR count). The maximum absolute atomic E-state index is 13.2. The number of rotatable bonds is 7. The van der Waals surface area contributed by atoms with E-state index < -0.39 is 6.04 Å². The van der Waals surface area contributed by atoms with Crippen LogP contribution in [0.1, 0.15) is 32.1 Å². The summed E-state index contributed by atoms with van der Waals surface area (Å²) in [5.41, 5.74) is 0.419. The Morgan fingerprint density at radius 3 is 2.36 bits per heavy atom. The number of anilines is 1. The number of nitrogens with one attached hydrogen (secondary N) is 1. The van der Waals surface area contributed by atoms with Gasteiger partial charge in [0.25, 0.3) is 5.91 Å². The second kappa shape index (κ2) is 8.79. The summed E-state index contributed by atoms with van der Waals surface area (Å²) < 4.78 is 16.0. The molecule has 2 amide bonds. The van der Waals surface area contributed by atoms with E-state index >= 15 is 0 Å². The Morgan fingerprint density at radius 1 is 1.11 bits per heavy atom. The molecule has 28 heavy (non-hydrogen) atoms. The molecule has 8 nitrogen and oxygen atoms in total. The highest BCUT2D eigenvalue weighted by Crippen LogP contribution is 2.41. The lowest BCUT2D eigenvalue weighted by Crippen LogP contribution is -3.20. The van der Waals surface area contributed by atoms with E-state index in [9.17, 15) is 14.7 Å². The number of carbonyl (C=O) groups is 2. The summed E-state index contributed by atoms with van der Waals surface area (Å²) in [6.45, 7) is 0.942. The van der Waals surface area contributed by atoms with Crippen LogP contribution in [-0.4, -0.2) is 63.5 Å². The van der Waals surface area contributed by atoms with Crippen molar-refractivity contribution in [1.29, 1.82) is 0 Å². The number of nitrogens with zero attached hydrogens (tertiary/aromatic N) is 1. The smallest absolute Gasteiger partial charge is 0.292 e. The average Bonchev–Trinajstić information content (AvgIpc) is 3.01. The van der Waals surface area contributed by atoms with Gasteiger partial charge in [-0.2, -0.15) is 0 Å². The standard InChI is InChI=1S/C20H28N2O6/c1-26-16-10-14(11-17(27-2)19(16)28-3)22-18(24)12-15(20(22)25)21-8-5-4-6-13(21)7-9-23/h10-11,13,15,23H,4-9,12H2,1-3H3/p+1/t13-,15-/m1/s1. The Bertz CT molecular complexity index is 710. The van der Waals surface area contributed by atoms with Crippen molar-refractivity contribution in [3.05, 3.63) is 12.1 Å². The van der Waals surface area contributed by atoms with Crippen LogP contribution < -0.4 is 24.0 Å². The topological polar surface area (TPSA) is 89.7 Å². The summed E-state index contributed by atoms with van der Waals surface area (Å²) in [6, 6.07) is 3.04. The van der Waals surface area contributed by atoms with Gasteiger partial charge in [0.1, 0.15) is 0 Å². The number of carbonyl (C=O) groups excluding carboxylic acids is 2. The third-order valence-electron chi connectivity index (χ3n) is 5.77. The quantitative estimate of drug-likeness (QED) is 0.642. The van der Waals surface area contributed by atoms with E-state index in [0.717, 1.165) is 30.7 Å². The minimum Gasteiger partial charge on any atom is -0.493 e. The molecule has 1 aromatic carbocycles. The van der Waals surface area contributed by atoms with Crippen LogP contribution in [0.15, 0.2) is 12.1 Å². The number of quaternary nitrogens is 1. The van der Waals surface area contributed by atoms with Crippen LogP contribution in [0.4, 0.5) is 5.69 Å². The molecular formula is C20H29N2O6+. The van der Waals surface area contributed by atoms with E-state index in [4.69, 9.17) is 14.2 Å². The molecule has 0 saturated carbocycles. The third-order valence-corrected chi connectivity index (χ3v) is 5.77. The summed E-state index contributed by atoms with van der Waals surface area (Å²) in [5, 5.41) is 9.38. The van der Waals surface area contributed by atoms with Gasteiger partial charge < -0.3 is 24.2 Å². The lowest BCUT2D eigenvalue weighted by molar-refractivity contribution is -0.945. The fraction of sp³-hybridized carbons (Fsp3) is 0.600. The second-order valence-electron chi connectivity index (χ2n) is 7.24. The monoisotopic (exact) mass is 393 g/mol. The molecule has 2 heterocycles. The number of likely N-dealkylation sites (tertiary alicyclic amines) is 1. The van der Waals surface area contributed by atoms with Crippen molar-refractivity contribution >= 4 is 17.5 Å². The first-order valence-electron chi connectivity index (χ1n) is 9.68. The number of piperidine rings is 1. The van der Waals surface area contributed by atoms with E-state index in [0.29, 0.717) is 29.4 Å². The first-order chi connectivity index (χ1) is 13.5. The summed E-state index contributed by atoms with van der Waals surface area (Å²) in [6.07, 6.45) is 3.92. The zero-order valence-corrected chi connectivity index (χ0v) is 16.7. The molecule has 0 aromatic heterocycles. The van der Waals surface area contributed by atoms with Crippen LogP contribution in [0.3, 0.4) is 0 Å². The van der Waals surface area contributed by atoms with Crippen LogP contribution in [-0.2, 0) is 9.59 Å². The number of hydrogen-bond acceptors (Lipinski definition) is 6. The van der Waals surface area contributed by atoms with Crippen molar-refractivity contribution in [1.82, 2.24) is 0 Å². The number of hydrogen-bond donors (Lipinski definition) is 2. The molecule has 1 aromatic rings. The Morgan fingerprint density at radius 2 is 1.79 bits per heavy atom. The molecule has 1 unspecified atom stereocenters. The molecule has 154 valence electrons.